The number of aromatic nitrogens is 1. The molecule has 2 rings (SSSR count). The van der Waals surface area contributed by atoms with E-state index in [2.05, 4.69) is 21.2 Å². The van der Waals surface area contributed by atoms with Gasteiger partial charge in [-0.1, -0.05) is 11.6 Å². The molecule has 9 heteroatoms. The lowest BCUT2D eigenvalue weighted by molar-refractivity contribution is -0.112. The maximum atomic E-state index is 12.2. The van der Waals surface area contributed by atoms with Crippen molar-refractivity contribution in [2.45, 2.75) is 6.92 Å². The fourth-order valence-corrected chi connectivity index (χ4v) is 2.16. The summed E-state index contributed by atoms with van der Waals surface area (Å²) in [5.41, 5.74) is 5.95. The van der Waals surface area contributed by atoms with Crippen LogP contribution in [0.5, 0.6) is 11.5 Å². The van der Waals surface area contributed by atoms with Gasteiger partial charge in [0, 0.05) is 23.5 Å². The molecule has 142 valence electrons. The Balaban J connectivity index is 1.92. The minimum absolute atomic E-state index is 0.364. The number of hydrogen-bond donors (Lipinski definition) is 3. The van der Waals surface area contributed by atoms with Crippen LogP contribution >= 0.6 is 11.6 Å². The first-order valence-electron chi connectivity index (χ1n) is 7.82. The SMILES string of the molecule is COc1ccc(C(=O)NN/C(C)=C\C(=O)Nc2ccc(Cl)cn2)cc1OC. The van der Waals surface area contributed by atoms with Crippen molar-refractivity contribution < 1.29 is 19.1 Å². The quantitative estimate of drug-likeness (QED) is 0.496. The van der Waals surface area contributed by atoms with E-state index in [0.717, 1.165) is 0 Å². The van der Waals surface area contributed by atoms with E-state index in [9.17, 15) is 9.59 Å². The van der Waals surface area contributed by atoms with Crippen molar-refractivity contribution >= 4 is 29.2 Å². The Morgan fingerprint density at radius 2 is 1.81 bits per heavy atom. The Kier molecular flexibility index (Phi) is 7.01. The summed E-state index contributed by atoms with van der Waals surface area (Å²) in [4.78, 5) is 28.1. The predicted molar refractivity (Wildman–Crippen MR) is 102 cm³/mol. The molecule has 0 aliphatic carbocycles. The van der Waals surface area contributed by atoms with E-state index < -0.39 is 11.8 Å². The smallest absolute Gasteiger partial charge is 0.269 e. The number of nitrogens with one attached hydrogen (secondary N) is 3. The minimum atomic E-state index is -0.407. The van der Waals surface area contributed by atoms with E-state index in [1.807, 2.05) is 0 Å². The van der Waals surface area contributed by atoms with Gasteiger partial charge in [-0.25, -0.2) is 4.98 Å². The number of nitrogens with zero attached hydrogens (tertiary/aromatic N) is 1. The number of anilines is 1. The number of allylic oxidation sites excluding steroid dienone is 1. The van der Waals surface area contributed by atoms with Crippen LogP contribution in [0.15, 0.2) is 48.3 Å². The molecule has 0 atom stereocenters. The highest BCUT2D eigenvalue weighted by Crippen LogP contribution is 2.27. The molecule has 1 aromatic heterocycles. The molecule has 0 fully saturated rings. The van der Waals surface area contributed by atoms with Crippen LogP contribution in [0.2, 0.25) is 5.02 Å². The summed E-state index contributed by atoms with van der Waals surface area (Å²) in [6, 6.07) is 7.96. The number of hydrazine groups is 1. The molecular formula is C18H19ClN4O4. The van der Waals surface area contributed by atoms with Gasteiger partial charge in [-0.2, -0.15) is 0 Å². The van der Waals surface area contributed by atoms with Gasteiger partial charge >= 0.3 is 0 Å². The molecule has 2 aromatic rings. The molecule has 0 radical (unpaired) electrons. The highest BCUT2D eigenvalue weighted by atomic mass is 35.5. The van der Waals surface area contributed by atoms with Crippen LogP contribution in [0.25, 0.3) is 0 Å². The fourth-order valence-electron chi connectivity index (χ4n) is 2.05. The predicted octanol–water partition coefficient (Wildman–Crippen LogP) is 2.53. The lowest BCUT2D eigenvalue weighted by atomic mass is 10.2. The van der Waals surface area contributed by atoms with E-state index in [1.54, 1.807) is 37.3 Å². The summed E-state index contributed by atoms with van der Waals surface area (Å²) >= 11 is 5.74. The number of ether oxygens (including phenoxy) is 2. The standard InChI is InChI=1S/C18H19ClN4O4/c1-11(8-17(24)21-16-7-5-13(19)10-20-16)22-23-18(25)12-4-6-14(26-2)15(9-12)27-3/h4-10,22H,1-3H3,(H,23,25)(H,20,21,24)/b11-8-. The van der Waals surface area contributed by atoms with Gasteiger partial charge in [-0.05, 0) is 37.3 Å². The zero-order chi connectivity index (χ0) is 19.8. The third-order valence-electron chi connectivity index (χ3n) is 3.35. The monoisotopic (exact) mass is 390 g/mol. The van der Waals surface area contributed by atoms with Crippen molar-refractivity contribution in [3.8, 4) is 11.5 Å². The number of carbonyl (C=O) groups is 2. The zero-order valence-corrected chi connectivity index (χ0v) is 15.8. The summed E-state index contributed by atoms with van der Waals surface area (Å²) in [6.07, 6.45) is 2.71. The highest BCUT2D eigenvalue weighted by Gasteiger charge is 2.10. The third kappa shape index (κ3) is 5.89. The summed E-state index contributed by atoms with van der Waals surface area (Å²) < 4.78 is 10.3. The summed E-state index contributed by atoms with van der Waals surface area (Å²) in [5.74, 6) is 0.513. The number of hydrogen-bond acceptors (Lipinski definition) is 6. The van der Waals surface area contributed by atoms with Crippen molar-refractivity contribution in [1.29, 1.82) is 0 Å². The largest absolute Gasteiger partial charge is 0.493 e. The molecule has 0 aliphatic rings. The molecule has 0 saturated heterocycles. The van der Waals surface area contributed by atoms with Crippen LogP contribution in [0.4, 0.5) is 5.82 Å². The second-order valence-corrected chi connectivity index (χ2v) is 5.76. The van der Waals surface area contributed by atoms with Crippen LogP contribution in [-0.2, 0) is 4.79 Å². The number of benzene rings is 1. The summed E-state index contributed by atoms with van der Waals surface area (Å²) in [5, 5.41) is 3.05. The molecule has 0 aliphatic heterocycles. The number of rotatable bonds is 7. The van der Waals surface area contributed by atoms with Gasteiger partial charge in [-0.3, -0.25) is 15.0 Å². The maximum Gasteiger partial charge on any atom is 0.269 e. The molecule has 27 heavy (non-hydrogen) atoms. The number of amides is 2. The lowest BCUT2D eigenvalue weighted by Gasteiger charge is -2.11. The van der Waals surface area contributed by atoms with Gasteiger partial charge in [0.15, 0.2) is 11.5 Å². The highest BCUT2D eigenvalue weighted by molar-refractivity contribution is 6.30. The van der Waals surface area contributed by atoms with Crippen LogP contribution in [-0.4, -0.2) is 31.0 Å². The van der Waals surface area contributed by atoms with Gasteiger partial charge in [0.05, 0.1) is 19.2 Å². The fraction of sp³-hybridized carbons (Fsp3) is 0.167. The molecule has 0 unspecified atom stereocenters. The molecule has 3 N–H and O–H groups in total. The first kappa shape index (κ1) is 20.1. The Labute approximate surface area is 161 Å². The normalized spacial score (nSPS) is 10.7. The van der Waals surface area contributed by atoms with E-state index >= 15 is 0 Å². The Hall–Kier alpha value is -3.26. The van der Waals surface area contributed by atoms with Crippen LogP contribution in [0.3, 0.4) is 0 Å². The number of carbonyl (C=O) groups excluding carboxylic acids is 2. The molecule has 0 bridgehead atoms. The van der Waals surface area contributed by atoms with Crippen LogP contribution in [0.1, 0.15) is 17.3 Å². The molecule has 8 nitrogen and oxygen atoms in total. The van der Waals surface area contributed by atoms with Gasteiger partial charge in [-0.15, -0.1) is 0 Å². The van der Waals surface area contributed by atoms with Crippen molar-refractivity contribution in [1.82, 2.24) is 15.8 Å². The van der Waals surface area contributed by atoms with E-state index in [4.69, 9.17) is 21.1 Å². The van der Waals surface area contributed by atoms with E-state index in [-0.39, 0.29) is 0 Å². The second-order valence-electron chi connectivity index (χ2n) is 5.33. The summed E-state index contributed by atoms with van der Waals surface area (Å²) in [6.45, 7) is 1.63. The minimum Gasteiger partial charge on any atom is -0.493 e. The average Bonchev–Trinajstić information content (AvgIpc) is 2.67. The third-order valence-corrected chi connectivity index (χ3v) is 3.57. The van der Waals surface area contributed by atoms with Gasteiger partial charge < -0.3 is 20.2 Å². The van der Waals surface area contributed by atoms with Crippen molar-refractivity contribution in [2.24, 2.45) is 0 Å². The number of pyridine rings is 1. The lowest BCUT2D eigenvalue weighted by Crippen LogP contribution is -2.36. The van der Waals surface area contributed by atoms with Gasteiger partial charge in [0.1, 0.15) is 5.82 Å². The molecule has 1 heterocycles. The topological polar surface area (TPSA) is 102 Å². The zero-order valence-electron chi connectivity index (χ0n) is 15.0. The van der Waals surface area contributed by atoms with E-state index in [0.29, 0.717) is 33.6 Å². The van der Waals surface area contributed by atoms with E-state index in [1.165, 1.54) is 26.5 Å². The van der Waals surface area contributed by atoms with Crippen LogP contribution < -0.4 is 25.6 Å². The van der Waals surface area contributed by atoms with Crippen LogP contribution in [0, 0.1) is 0 Å². The van der Waals surface area contributed by atoms with Crippen molar-refractivity contribution in [3.63, 3.8) is 0 Å². The number of methoxy groups -OCH3 is 2. The first-order valence-corrected chi connectivity index (χ1v) is 8.20. The molecular weight excluding hydrogens is 372 g/mol. The molecule has 1 aromatic carbocycles. The molecule has 2 amide bonds. The Morgan fingerprint density at radius 1 is 1.07 bits per heavy atom. The number of halogens is 1. The Bertz CT molecular complexity index is 853. The first-order chi connectivity index (χ1) is 12.9. The van der Waals surface area contributed by atoms with Gasteiger partial charge in [0.25, 0.3) is 11.8 Å². The molecule has 0 saturated carbocycles. The Morgan fingerprint density at radius 3 is 2.44 bits per heavy atom. The van der Waals surface area contributed by atoms with Crippen molar-refractivity contribution in [2.75, 3.05) is 19.5 Å². The molecule has 0 spiro atoms. The van der Waals surface area contributed by atoms with Crippen molar-refractivity contribution in [3.05, 3.63) is 58.9 Å². The average molecular weight is 391 g/mol. The maximum absolute atomic E-state index is 12.2. The second kappa shape index (κ2) is 9.44. The summed E-state index contributed by atoms with van der Waals surface area (Å²) in [7, 11) is 3.00. The van der Waals surface area contributed by atoms with Gasteiger partial charge in [0.2, 0.25) is 0 Å².